The van der Waals surface area contributed by atoms with Crippen LogP contribution in [-0.2, 0) is 19.1 Å². The van der Waals surface area contributed by atoms with Gasteiger partial charge in [0.25, 0.3) is 0 Å². The van der Waals surface area contributed by atoms with Crippen molar-refractivity contribution in [3.05, 3.63) is 145 Å². The third-order valence-electron chi connectivity index (χ3n) is 7.74. The second-order valence-corrected chi connectivity index (χ2v) is 11.8. The second-order valence-electron chi connectivity index (χ2n) is 11.8. The molecular weight excluding hydrogens is 704 g/mol. The van der Waals surface area contributed by atoms with Gasteiger partial charge in [-0.25, -0.2) is 19.2 Å². The lowest BCUT2D eigenvalue weighted by Crippen LogP contribution is -2.13. The Hall–Kier alpha value is -7.08. The smallest absolute Gasteiger partial charge is 0.345 e. The van der Waals surface area contributed by atoms with Crippen molar-refractivity contribution in [2.75, 3.05) is 26.4 Å². The van der Waals surface area contributed by atoms with Crippen LogP contribution in [0.1, 0.15) is 39.1 Å². The molecule has 5 rings (SSSR count). The first kappa shape index (κ1) is 39.1. The van der Waals surface area contributed by atoms with Gasteiger partial charge in [0.15, 0.2) is 11.5 Å². The molecule has 0 atom stereocenters. The Balaban J connectivity index is 1.13. The summed E-state index contributed by atoms with van der Waals surface area (Å²) >= 11 is 0. The molecule has 0 N–H and O–H groups in total. The van der Waals surface area contributed by atoms with E-state index in [2.05, 4.69) is 23.1 Å². The summed E-state index contributed by atoms with van der Waals surface area (Å²) < 4.78 is 32.5. The monoisotopic (exact) mass is 742 g/mol. The summed E-state index contributed by atoms with van der Waals surface area (Å²) in [6.07, 6.45) is 6.12. The van der Waals surface area contributed by atoms with E-state index in [1.54, 1.807) is 66.7 Å². The van der Waals surface area contributed by atoms with Gasteiger partial charge in [0, 0.05) is 48.5 Å². The van der Waals surface area contributed by atoms with Crippen molar-refractivity contribution in [2.24, 2.45) is 0 Å². The molecule has 12 nitrogen and oxygen atoms in total. The van der Waals surface area contributed by atoms with E-state index in [-0.39, 0.29) is 35.8 Å². The molecule has 0 saturated heterocycles. The minimum Gasteiger partial charge on any atom is -0.493 e. The van der Waals surface area contributed by atoms with Crippen LogP contribution in [0.15, 0.2) is 129 Å². The Labute approximate surface area is 318 Å². The zero-order valence-corrected chi connectivity index (χ0v) is 30.1. The highest BCUT2D eigenvalue weighted by atomic mass is 16.6. The van der Waals surface area contributed by atoms with E-state index in [0.29, 0.717) is 48.9 Å². The lowest BCUT2D eigenvalue weighted by Gasteiger charge is -2.12. The first-order chi connectivity index (χ1) is 26.7. The van der Waals surface area contributed by atoms with Crippen LogP contribution in [0, 0.1) is 6.92 Å². The van der Waals surface area contributed by atoms with Gasteiger partial charge in [0.2, 0.25) is 0 Å². The molecule has 2 aromatic heterocycles. The third-order valence-corrected chi connectivity index (χ3v) is 7.74. The number of carbonyl (C=O) groups is 4. The molecule has 280 valence electrons. The number of hydrogen-bond acceptors (Lipinski definition) is 12. The van der Waals surface area contributed by atoms with Crippen LogP contribution in [0.5, 0.6) is 23.0 Å². The van der Waals surface area contributed by atoms with Gasteiger partial charge in [-0.3, -0.25) is 9.97 Å². The van der Waals surface area contributed by atoms with Crippen molar-refractivity contribution in [1.82, 2.24) is 9.97 Å². The van der Waals surface area contributed by atoms with Crippen molar-refractivity contribution in [3.8, 4) is 45.5 Å². The van der Waals surface area contributed by atoms with Gasteiger partial charge in [-0.05, 0) is 97.4 Å². The summed E-state index contributed by atoms with van der Waals surface area (Å²) in [6, 6.07) is 26.1. The maximum absolute atomic E-state index is 13.1. The largest absolute Gasteiger partial charge is 0.493 e. The predicted octanol–water partition coefficient (Wildman–Crippen LogP) is 7.55. The number of ether oxygens (including phenoxy) is 6. The van der Waals surface area contributed by atoms with Crippen LogP contribution in [0.2, 0.25) is 0 Å². The summed E-state index contributed by atoms with van der Waals surface area (Å²) in [5.74, 6) is -0.871. The molecule has 5 aromatic rings. The second kappa shape index (κ2) is 19.7. The van der Waals surface area contributed by atoms with E-state index in [1.807, 2.05) is 31.2 Å². The molecule has 0 amide bonds. The average Bonchev–Trinajstić information content (AvgIpc) is 3.22. The summed E-state index contributed by atoms with van der Waals surface area (Å²) in [5.41, 5.74) is 4.07. The molecule has 0 unspecified atom stereocenters. The Morgan fingerprint density at radius 1 is 0.564 bits per heavy atom. The minimum atomic E-state index is -0.681. The molecule has 55 heavy (non-hydrogen) atoms. The molecule has 0 spiro atoms. The molecular formula is C43H38N2O10. The molecule has 0 bridgehead atoms. The molecule has 3 aromatic carbocycles. The molecule has 12 heteroatoms. The van der Waals surface area contributed by atoms with Crippen LogP contribution in [0.3, 0.4) is 0 Å². The van der Waals surface area contributed by atoms with Crippen molar-refractivity contribution in [2.45, 2.75) is 19.8 Å². The fourth-order valence-corrected chi connectivity index (χ4v) is 4.87. The van der Waals surface area contributed by atoms with Crippen molar-refractivity contribution < 1.29 is 47.6 Å². The normalized spacial score (nSPS) is 10.4. The van der Waals surface area contributed by atoms with Crippen LogP contribution >= 0.6 is 0 Å². The van der Waals surface area contributed by atoms with E-state index in [1.165, 1.54) is 12.4 Å². The van der Waals surface area contributed by atoms with Gasteiger partial charge in [-0.15, -0.1) is 0 Å². The fourth-order valence-electron chi connectivity index (χ4n) is 4.87. The number of esters is 4. The minimum absolute atomic E-state index is 0.0622. The fraction of sp³-hybridized carbons (Fsp3) is 0.163. The van der Waals surface area contributed by atoms with Gasteiger partial charge >= 0.3 is 23.9 Å². The summed E-state index contributed by atoms with van der Waals surface area (Å²) in [4.78, 5) is 57.3. The lowest BCUT2D eigenvalue weighted by atomic mass is 10.1. The number of benzene rings is 3. The molecule has 0 aliphatic carbocycles. The summed E-state index contributed by atoms with van der Waals surface area (Å²) in [5, 5.41) is 0. The number of hydrogen-bond donors (Lipinski definition) is 0. The highest BCUT2D eigenvalue weighted by Crippen LogP contribution is 2.30. The predicted molar refractivity (Wildman–Crippen MR) is 203 cm³/mol. The van der Waals surface area contributed by atoms with E-state index in [9.17, 15) is 19.2 Å². The molecule has 2 heterocycles. The van der Waals surface area contributed by atoms with Gasteiger partial charge in [-0.1, -0.05) is 19.2 Å². The Morgan fingerprint density at radius 2 is 1.02 bits per heavy atom. The van der Waals surface area contributed by atoms with E-state index >= 15 is 0 Å². The number of carbonyl (C=O) groups excluding carboxylic acids is 4. The van der Waals surface area contributed by atoms with Crippen LogP contribution in [0.25, 0.3) is 22.5 Å². The molecule has 0 saturated carbocycles. The van der Waals surface area contributed by atoms with E-state index < -0.39 is 23.9 Å². The molecule has 0 aliphatic heterocycles. The van der Waals surface area contributed by atoms with Gasteiger partial charge < -0.3 is 28.4 Å². The summed E-state index contributed by atoms with van der Waals surface area (Å²) in [6.45, 7) is 9.76. The Morgan fingerprint density at radius 3 is 1.44 bits per heavy atom. The number of nitrogens with zero attached hydrogens (tertiary/aromatic N) is 2. The number of aromatic nitrogens is 2. The SMILES string of the molecule is C=CC(=O)OCCCOc1ccc(-c2ccc(C(=O)Oc3ccc(C)cc3OC(=O)c3ccc(-c4ccc(OCCCOC(=O)C=C)cc4)nc3)cn2)cc1. The maximum Gasteiger partial charge on any atom is 0.345 e. The topological polar surface area (TPSA) is 149 Å². The number of pyridine rings is 2. The highest BCUT2D eigenvalue weighted by molar-refractivity contribution is 5.93. The molecule has 0 aliphatic rings. The standard InChI is InChI=1S/C43H38N2O10/c1-4-40(46)52-24-6-22-50-34-15-9-30(10-16-34)36-19-13-32(27-44-36)42(48)54-38-21-8-29(3)26-39(38)55-43(49)33-14-20-37(45-28-33)31-11-17-35(18-12-31)51-23-7-25-53-41(47)5-2/h4-5,8-21,26-28H,1-2,6-7,22-25H2,3H3. The maximum atomic E-state index is 13.1. The third kappa shape index (κ3) is 11.7. The van der Waals surface area contributed by atoms with E-state index in [4.69, 9.17) is 28.4 Å². The quantitative estimate of drug-likeness (QED) is 0.0378. The highest BCUT2D eigenvalue weighted by Gasteiger charge is 2.18. The van der Waals surface area contributed by atoms with E-state index in [0.717, 1.165) is 28.8 Å². The first-order valence-corrected chi connectivity index (χ1v) is 17.2. The first-order valence-electron chi connectivity index (χ1n) is 17.2. The lowest BCUT2D eigenvalue weighted by molar-refractivity contribution is -0.138. The number of aryl methyl sites for hydroxylation is 1. The van der Waals surface area contributed by atoms with Crippen LogP contribution in [-0.4, -0.2) is 60.3 Å². The van der Waals surface area contributed by atoms with Crippen molar-refractivity contribution in [3.63, 3.8) is 0 Å². The zero-order chi connectivity index (χ0) is 39.0. The van der Waals surface area contributed by atoms with Crippen molar-refractivity contribution in [1.29, 1.82) is 0 Å². The zero-order valence-electron chi connectivity index (χ0n) is 30.1. The van der Waals surface area contributed by atoms with Crippen LogP contribution in [0.4, 0.5) is 0 Å². The number of rotatable bonds is 18. The van der Waals surface area contributed by atoms with Crippen molar-refractivity contribution >= 4 is 23.9 Å². The molecule has 0 radical (unpaired) electrons. The molecule has 0 fully saturated rings. The average molecular weight is 743 g/mol. The van der Waals surface area contributed by atoms with Gasteiger partial charge in [0.05, 0.1) is 48.9 Å². The van der Waals surface area contributed by atoms with Crippen LogP contribution < -0.4 is 18.9 Å². The van der Waals surface area contributed by atoms with Gasteiger partial charge in [-0.2, -0.15) is 0 Å². The Bertz CT molecular complexity index is 2110. The Kier molecular flexibility index (Phi) is 14.0. The summed E-state index contributed by atoms with van der Waals surface area (Å²) in [7, 11) is 0. The van der Waals surface area contributed by atoms with Gasteiger partial charge in [0.1, 0.15) is 11.5 Å².